The van der Waals surface area contributed by atoms with Crippen molar-refractivity contribution in [2.24, 2.45) is 11.8 Å². The van der Waals surface area contributed by atoms with Crippen LogP contribution in [0.4, 0.5) is 4.79 Å². The number of rotatable bonds is 9. The summed E-state index contributed by atoms with van der Waals surface area (Å²) in [6.45, 7) is 6.04. The fourth-order valence-corrected chi connectivity index (χ4v) is 1.97. The van der Waals surface area contributed by atoms with Gasteiger partial charge >= 0.3 is 18.0 Å². The number of aliphatic carboxylic acids is 1. The monoisotopic (exact) mass is 302 g/mol. The van der Waals surface area contributed by atoms with E-state index in [1.165, 1.54) is 14.0 Å². The minimum absolute atomic E-state index is 0.133. The van der Waals surface area contributed by atoms with Crippen LogP contribution in [0.15, 0.2) is 0 Å². The molecular formula is C14H26N2O5. The van der Waals surface area contributed by atoms with Crippen LogP contribution in [0.25, 0.3) is 0 Å². The van der Waals surface area contributed by atoms with Gasteiger partial charge in [0.1, 0.15) is 6.04 Å². The van der Waals surface area contributed by atoms with Gasteiger partial charge in [-0.25, -0.2) is 9.59 Å². The Morgan fingerprint density at radius 1 is 1.14 bits per heavy atom. The van der Waals surface area contributed by atoms with E-state index in [2.05, 4.69) is 15.4 Å². The predicted octanol–water partition coefficient (Wildman–Crippen LogP) is 1.37. The zero-order valence-corrected chi connectivity index (χ0v) is 13.1. The molecule has 3 N–H and O–H groups in total. The molecule has 0 aromatic heterocycles. The van der Waals surface area contributed by atoms with Gasteiger partial charge in [0.2, 0.25) is 0 Å². The number of methoxy groups -OCH3 is 1. The summed E-state index contributed by atoms with van der Waals surface area (Å²) in [6, 6.07) is -1.14. The highest BCUT2D eigenvalue weighted by molar-refractivity contribution is 5.83. The second kappa shape index (κ2) is 10.0. The largest absolute Gasteiger partial charge is 0.481 e. The van der Waals surface area contributed by atoms with Gasteiger partial charge in [-0.3, -0.25) is 4.79 Å². The standard InChI is InChI=1S/C14H26N2O5/c1-9(2)11(5-6-12(17)18)7-8-15-14(20)16-10(3)13(19)21-4/h9-11H,5-8H2,1-4H3,(H,17,18)(H2,15,16,20). The molecule has 0 aliphatic heterocycles. The highest BCUT2D eigenvalue weighted by Crippen LogP contribution is 2.20. The first-order valence-corrected chi connectivity index (χ1v) is 7.11. The Balaban J connectivity index is 4.05. The first-order valence-electron chi connectivity index (χ1n) is 7.11. The van der Waals surface area contributed by atoms with Gasteiger partial charge < -0.3 is 20.5 Å². The van der Waals surface area contributed by atoms with Crippen molar-refractivity contribution in [2.75, 3.05) is 13.7 Å². The van der Waals surface area contributed by atoms with Gasteiger partial charge in [0, 0.05) is 13.0 Å². The molecule has 0 heterocycles. The first kappa shape index (κ1) is 19.2. The fourth-order valence-electron chi connectivity index (χ4n) is 1.97. The summed E-state index contributed by atoms with van der Waals surface area (Å²) in [4.78, 5) is 33.3. The molecule has 0 saturated heterocycles. The Labute approximate surface area is 125 Å². The normalized spacial score (nSPS) is 13.4. The molecule has 0 aromatic carbocycles. The maximum absolute atomic E-state index is 11.6. The summed E-state index contributed by atoms with van der Waals surface area (Å²) >= 11 is 0. The number of amides is 2. The number of carbonyl (C=O) groups excluding carboxylic acids is 2. The fraction of sp³-hybridized carbons (Fsp3) is 0.786. The van der Waals surface area contributed by atoms with Crippen molar-refractivity contribution in [1.82, 2.24) is 10.6 Å². The second-order valence-corrected chi connectivity index (χ2v) is 5.37. The van der Waals surface area contributed by atoms with Crippen molar-refractivity contribution in [2.45, 2.75) is 46.1 Å². The van der Waals surface area contributed by atoms with Crippen LogP contribution < -0.4 is 10.6 Å². The van der Waals surface area contributed by atoms with E-state index in [9.17, 15) is 14.4 Å². The summed E-state index contributed by atoms with van der Waals surface area (Å²) in [5.74, 6) is -0.729. The highest BCUT2D eigenvalue weighted by Gasteiger charge is 2.17. The lowest BCUT2D eigenvalue weighted by Crippen LogP contribution is -2.45. The van der Waals surface area contributed by atoms with Crippen LogP contribution in [0.3, 0.4) is 0 Å². The molecule has 0 aliphatic rings. The molecule has 122 valence electrons. The van der Waals surface area contributed by atoms with Crippen molar-refractivity contribution < 1.29 is 24.2 Å². The first-order chi connectivity index (χ1) is 9.77. The lowest BCUT2D eigenvalue weighted by atomic mass is 9.88. The van der Waals surface area contributed by atoms with Gasteiger partial charge in [-0.2, -0.15) is 0 Å². The van der Waals surface area contributed by atoms with Gasteiger partial charge in [0.25, 0.3) is 0 Å². The molecule has 0 radical (unpaired) electrons. The van der Waals surface area contributed by atoms with Crippen molar-refractivity contribution in [1.29, 1.82) is 0 Å². The van der Waals surface area contributed by atoms with Crippen molar-refractivity contribution in [3.8, 4) is 0 Å². The Morgan fingerprint density at radius 3 is 2.24 bits per heavy atom. The highest BCUT2D eigenvalue weighted by atomic mass is 16.5. The number of carbonyl (C=O) groups is 3. The third-order valence-corrected chi connectivity index (χ3v) is 3.37. The van der Waals surface area contributed by atoms with Crippen LogP contribution in [0, 0.1) is 11.8 Å². The molecule has 7 heteroatoms. The van der Waals surface area contributed by atoms with Crippen LogP contribution >= 0.6 is 0 Å². The van der Waals surface area contributed by atoms with Gasteiger partial charge in [-0.1, -0.05) is 13.8 Å². The number of ether oxygens (including phenoxy) is 1. The number of hydrogen-bond donors (Lipinski definition) is 3. The molecule has 2 amide bonds. The van der Waals surface area contributed by atoms with Crippen LogP contribution in [-0.2, 0) is 14.3 Å². The average Bonchev–Trinajstić information content (AvgIpc) is 2.40. The molecule has 0 fully saturated rings. The Morgan fingerprint density at radius 2 is 1.76 bits per heavy atom. The minimum atomic E-state index is -0.807. The number of carboxylic acids is 1. The van der Waals surface area contributed by atoms with Crippen LogP contribution in [0.5, 0.6) is 0 Å². The summed E-state index contributed by atoms with van der Waals surface area (Å²) in [7, 11) is 1.26. The number of urea groups is 1. The van der Waals surface area contributed by atoms with Gasteiger partial charge in [-0.05, 0) is 31.6 Å². The Kier molecular flexibility index (Phi) is 9.16. The molecule has 0 bridgehead atoms. The topological polar surface area (TPSA) is 105 Å². The van der Waals surface area contributed by atoms with Crippen LogP contribution in [0.1, 0.15) is 40.0 Å². The number of hydrogen-bond acceptors (Lipinski definition) is 4. The van der Waals surface area contributed by atoms with E-state index in [0.717, 1.165) is 0 Å². The lowest BCUT2D eigenvalue weighted by Gasteiger charge is -2.20. The minimum Gasteiger partial charge on any atom is -0.481 e. The zero-order valence-electron chi connectivity index (χ0n) is 13.1. The molecule has 2 unspecified atom stereocenters. The molecule has 0 saturated carbocycles. The maximum Gasteiger partial charge on any atom is 0.328 e. The summed E-state index contributed by atoms with van der Waals surface area (Å²) < 4.78 is 4.50. The number of carboxylic acid groups (broad SMARTS) is 1. The van der Waals surface area contributed by atoms with E-state index in [1.807, 2.05) is 13.8 Å². The Bertz CT molecular complexity index is 357. The van der Waals surface area contributed by atoms with E-state index >= 15 is 0 Å². The van der Waals surface area contributed by atoms with Crippen molar-refractivity contribution in [3.63, 3.8) is 0 Å². The average molecular weight is 302 g/mol. The summed E-state index contributed by atoms with van der Waals surface area (Å²) in [6.07, 6.45) is 1.42. The van der Waals surface area contributed by atoms with Crippen molar-refractivity contribution >= 4 is 18.0 Å². The van der Waals surface area contributed by atoms with E-state index in [-0.39, 0.29) is 12.3 Å². The molecule has 7 nitrogen and oxygen atoms in total. The van der Waals surface area contributed by atoms with Crippen LogP contribution in [-0.4, -0.2) is 42.8 Å². The molecule has 0 spiro atoms. The molecular weight excluding hydrogens is 276 g/mol. The second-order valence-electron chi connectivity index (χ2n) is 5.37. The maximum atomic E-state index is 11.6. The van der Waals surface area contributed by atoms with E-state index < -0.39 is 24.0 Å². The SMILES string of the molecule is COC(=O)C(C)NC(=O)NCCC(CCC(=O)O)C(C)C. The molecule has 21 heavy (non-hydrogen) atoms. The zero-order chi connectivity index (χ0) is 16.4. The van der Waals surface area contributed by atoms with E-state index in [4.69, 9.17) is 5.11 Å². The lowest BCUT2D eigenvalue weighted by molar-refractivity contribution is -0.142. The van der Waals surface area contributed by atoms with E-state index in [1.54, 1.807) is 0 Å². The Hall–Kier alpha value is -1.79. The molecule has 0 rings (SSSR count). The molecule has 0 aromatic rings. The predicted molar refractivity (Wildman–Crippen MR) is 77.8 cm³/mol. The molecule has 2 atom stereocenters. The smallest absolute Gasteiger partial charge is 0.328 e. The van der Waals surface area contributed by atoms with Gasteiger partial charge in [0.15, 0.2) is 0 Å². The number of nitrogens with one attached hydrogen (secondary N) is 2. The number of esters is 1. The third-order valence-electron chi connectivity index (χ3n) is 3.37. The molecule has 0 aliphatic carbocycles. The third kappa shape index (κ3) is 8.88. The van der Waals surface area contributed by atoms with E-state index in [0.29, 0.717) is 25.3 Å². The summed E-state index contributed by atoms with van der Waals surface area (Å²) in [5, 5.41) is 13.8. The van der Waals surface area contributed by atoms with Gasteiger partial charge in [-0.15, -0.1) is 0 Å². The summed E-state index contributed by atoms with van der Waals surface area (Å²) in [5.41, 5.74) is 0. The van der Waals surface area contributed by atoms with Crippen molar-refractivity contribution in [3.05, 3.63) is 0 Å². The van der Waals surface area contributed by atoms with Crippen LogP contribution in [0.2, 0.25) is 0 Å². The van der Waals surface area contributed by atoms with Gasteiger partial charge in [0.05, 0.1) is 7.11 Å². The quantitative estimate of drug-likeness (QED) is 0.558.